The van der Waals surface area contributed by atoms with E-state index >= 15 is 0 Å². The number of nitrogens with zero attached hydrogens (tertiary/aromatic N) is 2. The van der Waals surface area contributed by atoms with Crippen LogP contribution in [0.4, 0.5) is 0 Å². The van der Waals surface area contributed by atoms with Crippen LogP contribution >= 0.6 is 0 Å². The van der Waals surface area contributed by atoms with Gasteiger partial charge in [-0.25, -0.2) is 0 Å². The molecule has 4 nitrogen and oxygen atoms in total. The van der Waals surface area contributed by atoms with E-state index in [0.29, 0.717) is 35.7 Å². The van der Waals surface area contributed by atoms with Crippen molar-refractivity contribution < 1.29 is 9.59 Å². The van der Waals surface area contributed by atoms with E-state index in [1.165, 1.54) is 5.57 Å². The van der Waals surface area contributed by atoms with Gasteiger partial charge in [-0.1, -0.05) is 19.4 Å². The van der Waals surface area contributed by atoms with Crippen molar-refractivity contribution in [2.45, 2.75) is 79.2 Å². The van der Waals surface area contributed by atoms with Crippen molar-refractivity contribution in [1.82, 2.24) is 9.78 Å². The van der Waals surface area contributed by atoms with Gasteiger partial charge in [0.2, 0.25) is 0 Å². The van der Waals surface area contributed by atoms with Crippen LogP contribution in [0.25, 0.3) is 6.08 Å². The summed E-state index contributed by atoms with van der Waals surface area (Å²) in [7, 11) is 0. The summed E-state index contributed by atoms with van der Waals surface area (Å²) < 4.78 is 1.95. The van der Waals surface area contributed by atoms with Crippen molar-refractivity contribution in [3.05, 3.63) is 34.7 Å². The number of carbonyl (C=O) groups excluding carboxylic acids is 2. The largest absolute Gasteiger partial charge is 0.295 e. The van der Waals surface area contributed by atoms with Gasteiger partial charge in [-0.05, 0) is 93.3 Å². The molecule has 4 heteroatoms. The third-order valence-electron chi connectivity index (χ3n) is 9.24. The molecular weight excluding hydrogens is 372 g/mol. The smallest absolute Gasteiger partial charge is 0.165 e. The van der Waals surface area contributed by atoms with E-state index in [0.717, 1.165) is 61.9 Å². The number of hydrogen-bond acceptors (Lipinski definition) is 3. The molecule has 5 atom stereocenters. The molecule has 0 N–H and O–H groups in total. The fraction of sp³-hybridized carbons (Fsp3) is 0.654. The molecule has 0 spiro atoms. The van der Waals surface area contributed by atoms with Gasteiger partial charge >= 0.3 is 0 Å². The van der Waals surface area contributed by atoms with Crippen molar-refractivity contribution >= 4 is 17.6 Å². The fourth-order valence-electron chi connectivity index (χ4n) is 7.38. The van der Waals surface area contributed by atoms with Crippen LogP contribution in [0.2, 0.25) is 0 Å². The van der Waals surface area contributed by atoms with Gasteiger partial charge in [0.25, 0.3) is 0 Å². The second-order valence-corrected chi connectivity index (χ2v) is 10.7. The second kappa shape index (κ2) is 6.77. The van der Waals surface area contributed by atoms with Gasteiger partial charge in [0, 0.05) is 30.1 Å². The van der Waals surface area contributed by atoms with E-state index in [9.17, 15) is 9.59 Å². The minimum absolute atomic E-state index is 0.159. The molecule has 160 valence electrons. The molecule has 0 unspecified atom stereocenters. The molecule has 0 saturated heterocycles. The summed E-state index contributed by atoms with van der Waals surface area (Å²) in [6.45, 7) is 9.60. The molecule has 0 amide bonds. The Hall–Kier alpha value is -1.97. The number of Topliss-reactive ketones (excluding diaryl/α,β-unsaturated/α-hetero) is 1. The average molecular weight is 407 g/mol. The Kier molecular flexibility index (Phi) is 4.50. The molecule has 3 fully saturated rings. The van der Waals surface area contributed by atoms with Crippen molar-refractivity contribution in [3.63, 3.8) is 0 Å². The zero-order valence-electron chi connectivity index (χ0n) is 18.8. The van der Waals surface area contributed by atoms with E-state index in [1.807, 2.05) is 17.7 Å². The molecule has 1 aromatic rings. The maximum Gasteiger partial charge on any atom is 0.165 e. The molecule has 4 aliphatic rings. The maximum atomic E-state index is 13.6. The summed E-state index contributed by atoms with van der Waals surface area (Å²) in [6, 6.07) is 0. The number of hydrogen-bond donors (Lipinski definition) is 0. The molecule has 1 heterocycles. The molecule has 0 radical (unpaired) electrons. The summed E-state index contributed by atoms with van der Waals surface area (Å²) in [4.78, 5) is 25.6. The van der Waals surface area contributed by atoms with Gasteiger partial charge in [-0.3, -0.25) is 14.3 Å². The van der Waals surface area contributed by atoms with Gasteiger partial charge in [0.1, 0.15) is 0 Å². The summed E-state index contributed by atoms with van der Waals surface area (Å²) in [5.74, 6) is 2.33. The predicted molar refractivity (Wildman–Crippen MR) is 118 cm³/mol. The minimum Gasteiger partial charge on any atom is -0.295 e. The molecule has 0 aliphatic heterocycles. The topological polar surface area (TPSA) is 52.0 Å². The Morgan fingerprint density at radius 1 is 1.13 bits per heavy atom. The first kappa shape index (κ1) is 20.0. The van der Waals surface area contributed by atoms with E-state index in [4.69, 9.17) is 0 Å². The highest BCUT2D eigenvalue weighted by Gasteiger charge is 2.60. The highest BCUT2D eigenvalue weighted by molar-refractivity contribution is 6.06. The Bertz CT molecular complexity index is 983. The minimum atomic E-state index is -0.219. The van der Waals surface area contributed by atoms with Crippen molar-refractivity contribution in [2.75, 3.05) is 0 Å². The molecule has 30 heavy (non-hydrogen) atoms. The van der Waals surface area contributed by atoms with Crippen molar-refractivity contribution in [1.29, 1.82) is 0 Å². The number of ketones is 2. The summed E-state index contributed by atoms with van der Waals surface area (Å²) in [5.41, 5.74) is 4.43. The van der Waals surface area contributed by atoms with E-state index in [1.54, 1.807) is 0 Å². The summed E-state index contributed by atoms with van der Waals surface area (Å²) in [6.07, 6.45) is 13.0. The highest BCUT2D eigenvalue weighted by atomic mass is 16.1. The first-order chi connectivity index (χ1) is 14.3. The lowest BCUT2D eigenvalue weighted by molar-refractivity contribution is -0.130. The van der Waals surface area contributed by atoms with Gasteiger partial charge in [-0.15, -0.1) is 0 Å². The quantitative estimate of drug-likeness (QED) is 0.626. The number of allylic oxidation sites excluding steroid dienone is 2. The van der Waals surface area contributed by atoms with E-state index < -0.39 is 0 Å². The first-order valence-electron chi connectivity index (χ1n) is 11.8. The second-order valence-electron chi connectivity index (χ2n) is 10.7. The number of fused-ring (bicyclic) bond motifs is 5. The Morgan fingerprint density at radius 2 is 1.93 bits per heavy atom. The van der Waals surface area contributed by atoms with Crippen molar-refractivity contribution in [2.24, 2.45) is 28.6 Å². The fourth-order valence-corrected chi connectivity index (χ4v) is 7.38. The Balaban J connectivity index is 1.48. The third kappa shape index (κ3) is 2.75. The highest BCUT2D eigenvalue weighted by Crippen LogP contribution is 2.65. The SMILES string of the molecule is CCn1cc(/C=C2\C[C@H]3[C@@H]4CCC5=CC(=O)CC[C@]5(C)[C@H]4CC[C@]3(C)C2=O)c(C)n1. The monoisotopic (exact) mass is 406 g/mol. The van der Waals surface area contributed by atoms with Crippen LogP contribution in [0.15, 0.2) is 23.4 Å². The number of aromatic nitrogens is 2. The maximum absolute atomic E-state index is 13.6. The number of aryl methyl sites for hydroxylation is 2. The zero-order chi connectivity index (χ0) is 21.3. The summed E-state index contributed by atoms with van der Waals surface area (Å²) >= 11 is 0. The van der Waals surface area contributed by atoms with Crippen LogP contribution in [0.1, 0.15) is 77.0 Å². The average Bonchev–Trinajstić information content (AvgIpc) is 3.20. The Labute approximate surface area is 179 Å². The van der Waals surface area contributed by atoms with Crippen LogP contribution < -0.4 is 0 Å². The standard InChI is InChI=1S/C26H34N2O2/c1-5-28-15-18(16(2)27-28)12-17-13-23-21-7-6-19-14-20(29)8-10-25(19,3)22(21)9-11-26(23,4)24(17)30/h12,14-15,21-23H,5-11,13H2,1-4H3/b17-12+/t21-,22+,23+,25+,26+/m1/s1. The van der Waals surface area contributed by atoms with Crippen LogP contribution in [-0.4, -0.2) is 21.3 Å². The van der Waals surface area contributed by atoms with Crippen LogP contribution in [-0.2, 0) is 16.1 Å². The molecule has 1 aromatic heterocycles. The van der Waals surface area contributed by atoms with Crippen molar-refractivity contribution in [3.8, 4) is 0 Å². The molecule has 4 aliphatic carbocycles. The number of carbonyl (C=O) groups is 2. The first-order valence-corrected chi connectivity index (χ1v) is 11.8. The van der Waals surface area contributed by atoms with Gasteiger partial charge < -0.3 is 0 Å². The molecule has 5 rings (SSSR count). The molecule has 3 saturated carbocycles. The van der Waals surface area contributed by atoms with E-state index in [-0.39, 0.29) is 10.8 Å². The van der Waals surface area contributed by atoms with Gasteiger partial charge in [0.05, 0.1) is 5.69 Å². The normalized spacial score (nSPS) is 39.5. The van der Waals surface area contributed by atoms with Gasteiger partial charge in [0.15, 0.2) is 11.6 Å². The molecular formula is C26H34N2O2. The third-order valence-corrected chi connectivity index (χ3v) is 9.24. The van der Waals surface area contributed by atoms with Crippen LogP contribution in [0, 0.1) is 35.5 Å². The summed E-state index contributed by atoms with van der Waals surface area (Å²) in [5, 5.41) is 4.56. The molecule has 0 aromatic carbocycles. The lowest BCUT2D eigenvalue weighted by atomic mass is 9.47. The number of rotatable bonds is 2. The molecule has 0 bridgehead atoms. The van der Waals surface area contributed by atoms with Crippen LogP contribution in [0.5, 0.6) is 0 Å². The van der Waals surface area contributed by atoms with E-state index in [2.05, 4.69) is 38.1 Å². The van der Waals surface area contributed by atoms with Gasteiger partial charge in [-0.2, -0.15) is 5.10 Å². The Morgan fingerprint density at radius 3 is 2.67 bits per heavy atom. The lowest BCUT2D eigenvalue weighted by Gasteiger charge is -2.56. The van der Waals surface area contributed by atoms with Crippen LogP contribution in [0.3, 0.4) is 0 Å². The lowest BCUT2D eigenvalue weighted by Crippen LogP contribution is -2.50. The zero-order valence-corrected chi connectivity index (χ0v) is 18.8. The predicted octanol–water partition coefficient (Wildman–Crippen LogP) is 5.31.